The van der Waals surface area contributed by atoms with Gasteiger partial charge < -0.3 is 4.57 Å². The van der Waals surface area contributed by atoms with Gasteiger partial charge in [-0.3, -0.25) is 0 Å². The maximum absolute atomic E-state index is 5.70. The molecule has 0 bridgehead atoms. The lowest BCUT2D eigenvalue weighted by Gasteiger charge is -2.11. The van der Waals surface area contributed by atoms with Crippen LogP contribution in [0.1, 0.15) is 0 Å². The Balaban J connectivity index is 1.96. The largest absolute Gasteiger partial charge is 0.350 e. The van der Waals surface area contributed by atoms with E-state index in [1.807, 2.05) is 38.5 Å². The van der Waals surface area contributed by atoms with Crippen LogP contribution in [0.2, 0.25) is 0 Å². The molecule has 0 N–H and O–H groups in total. The molecule has 5 nitrogen and oxygen atoms in total. The van der Waals surface area contributed by atoms with Crippen molar-refractivity contribution in [2.45, 2.75) is 0 Å². The molecule has 2 heterocycles. The zero-order valence-electron chi connectivity index (χ0n) is 13.3. The SMILES string of the molecule is Cn1nnnc1-c1cn(C)c2cc(-c3ccccc3)ccc2c1=S. The number of tetrazole rings is 1. The first-order valence-corrected chi connectivity index (χ1v) is 7.97. The molecule has 4 aromatic rings. The lowest BCUT2D eigenvalue weighted by molar-refractivity contribution is 0.714. The summed E-state index contributed by atoms with van der Waals surface area (Å²) in [5.74, 6) is 0.671. The van der Waals surface area contributed by atoms with Gasteiger partial charge in [0, 0.05) is 31.2 Å². The van der Waals surface area contributed by atoms with Crippen molar-refractivity contribution < 1.29 is 0 Å². The van der Waals surface area contributed by atoms with Gasteiger partial charge in [0.25, 0.3) is 0 Å². The van der Waals surface area contributed by atoms with E-state index in [-0.39, 0.29) is 0 Å². The first kappa shape index (κ1) is 14.7. The van der Waals surface area contributed by atoms with E-state index in [9.17, 15) is 0 Å². The fraction of sp³-hybridized carbons (Fsp3) is 0.111. The Morgan fingerprint density at radius 3 is 2.46 bits per heavy atom. The van der Waals surface area contributed by atoms with Crippen LogP contribution in [0.4, 0.5) is 0 Å². The summed E-state index contributed by atoms with van der Waals surface area (Å²) in [4.78, 5) is 0. The molecule has 4 rings (SSSR count). The first-order valence-electron chi connectivity index (χ1n) is 7.56. The van der Waals surface area contributed by atoms with Gasteiger partial charge in [-0.05, 0) is 27.6 Å². The highest BCUT2D eigenvalue weighted by Crippen LogP contribution is 2.28. The molecule has 0 saturated carbocycles. The van der Waals surface area contributed by atoms with Crippen LogP contribution in [0, 0.1) is 4.51 Å². The number of hydrogen-bond acceptors (Lipinski definition) is 4. The van der Waals surface area contributed by atoms with E-state index >= 15 is 0 Å². The average Bonchev–Trinajstić information content (AvgIpc) is 3.04. The zero-order chi connectivity index (χ0) is 16.7. The van der Waals surface area contributed by atoms with Crippen molar-refractivity contribution in [1.82, 2.24) is 24.8 Å². The summed E-state index contributed by atoms with van der Waals surface area (Å²) >= 11 is 5.70. The van der Waals surface area contributed by atoms with Crippen LogP contribution in [-0.2, 0) is 14.1 Å². The molecule has 0 fully saturated rings. The van der Waals surface area contributed by atoms with Crippen LogP contribution in [0.5, 0.6) is 0 Å². The molecule has 6 heteroatoms. The zero-order valence-corrected chi connectivity index (χ0v) is 14.2. The number of benzene rings is 2. The number of nitrogens with zero attached hydrogens (tertiary/aromatic N) is 5. The monoisotopic (exact) mass is 333 g/mol. The fourth-order valence-corrected chi connectivity index (χ4v) is 3.23. The second-order valence-corrected chi connectivity index (χ2v) is 6.12. The third-order valence-corrected chi connectivity index (χ3v) is 4.60. The Hall–Kier alpha value is -2.86. The van der Waals surface area contributed by atoms with Crippen molar-refractivity contribution in [3.05, 3.63) is 59.2 Å². The molecule has 0 aliphatic heterocycles. The molecular weight excluding hydrogens is 318 g/mol. The van der Waals surface area contributed by atoms with Crippen LogP contribution in [0.25, 0.3) is 33.4 Å². The van der Waals surface area contributed by atoms with Gasteiger partial charge in [-0.1, -0.05) is 54.7 Å². The molecule has 118 valence electrons. The minimum atomic E-state index is 0.671. The number of aryl methyl sites for hydroxylation is 2. The number of aromatic nitrogens is 5. The molecule has 0 spiro atoms. The lowest BCUT2D eigenvalue weighted by atomic mass is 10.0. The second-order valence-electron chi connectivity index (χ2n) is 5.71. The molecule has 0 aliphatic rings. The molecule has 2 aromatic carbocycles. The Kier molecular flexibility index (Phi) is 3.46. The summed E-state index contributed by atoms with van der Waals surface area (Å²) in [5.41, 5.74) is 4.30. The molecule has 0 saturated heterocycles. The molecular formula is C18H15N5S. The van der Waals surface area contributed by atoms with Crippen molar-refractivity contribution in [2.75, 3.05) is 0 Å². The Morgan fingerprint density at radius 2 is 1.75 bits per heavy atom. The van der Waals surface area contributed by atoms with Gasteiger partial charge in [0.2, 0.25) is 0 Å². The van der Waals surface area contributed by atoms with Gasteiger partial charge in [0.1, 0.15) is 0 Å². The molecule has 0 atom stereocenters. The van der Waals surface area contributed by atoms with Crippen LogP contribution in [-0.4, -0.2) is 24.8 Å². The number of rotatable bonds is 2. The molecule has 0 aliphatic carbocycles. The minimum Gasteiger partial charge on any atom is -0.350 e. The summed E-state index contributed by atoms with van der Waals surface area (Å²) in [6.07, 6.45) is 1.99. The van der Waals surface area contributed by atoms with Gasteiger partial charge in [-0.15, -0.1) is 5.10 Å². The van der Waals surface area contributed by atoms with E-state index in [4.69, 9.17) is 12.2 Å². The fourth-order valence-electron chi connectivity index (χ4n) is 2.91. The summed E-state index contributed by atoms with van der Waals surface area (Å²) in [7, 11) is 3.83. The van der Waals surface area contributed by atoms with Crippen LogP contribution in [0.15, 0.2) is 54.7 Å². The maximum atomic E-state index is 5.70. The normalized spacial score (nSPS) is 11.1. The predicted octanol–water partition coefficient (Wildman–Crippen LogP) is 3.77. The summed E-state index contributed by atoms with van der Waals surface area (Å²) in [5, 5.41) is 12.7. The molecule has 24 heavy (non-hydrogen) atoms. The molecule has 0 unspecified atom stereocenters. The number of fused-ring (bicyclic) bond motifs is 1. The molecule has 0 amide bonds. The standard InChI is InChI=1S/C18H15N5S/c1-22-11-15(18-19-20-21-23(18)2)17(24)14-9-8-13(10-16(14)22)12-6-4-3-5-7-12/h3-11H,1-2H3. The summed E-state index contributed by atoms with van der Waals surface area (Å²) < 4.78 is 4.47. The highest BCUT2D eigenvalue weighted by molar-refractivity contribution is 7.71. The van der Waals surface area contributed by atoms with Crippen molar-refractivity contribution in [3.8, 4) is 22.5 Å². The highest BCUT2D eigenvalue weighted by atomic mass is 32.1. The van der Waals surface area contributed by atoms with Crippen LogP contribution in [0.3, 0.4) is 0 Å². The van der Waals surface area contributed by atoms with E-state index in [2.05, 4.69) is 50.4 Å². The van der Waals surface area contributed by atoms with Crippen molar-refractivity contribution in [3.63, 3.8) is 0 Å². The van der Waals surface area contributed by atoms with Gasteiger partial charge in [-0.2, -0.15) is 0 Å². The van der Waals surface area contributed by atoms with E-state index in [0.717, 1.165) is 21.0 Å². The number of pyridine rings is 1. The minimum absolute atomic E-state index is 0.671. The van der Waals surface area contributed by atoms with Crippen molar-refractivity contribution >= 4 is 23.1 Å². The van der Waals surface area contributed by atoms with E-state index < -0.39 is 0 Å². The average molecular weight is 333 g/mol. The van der Waals surface area contributed by atoms with E-state index in [1.165, 1.54) is 11.1 Å². The molecule has 2 aromatic heterocycles. The van der Waals surface area contributed by atoms with E-state index in [1.54, 1.807) is 4.68 Å². The Morgan fingerprint density at radius 1 is 0.958 bits per heavy atom. The number of hydrogen-bond donors (Lipinski definition) is 0. The third kappa shape index (κ3) is 2.32. The topological polar surface area (TPSA) is 48.5 Å². The molecule has 0 radical (unpaired) electrons. The second kappa shape index (κ2) is 5.65. The van der Waals surface area contributed by atoms with Gasteiger partial charge in [0.05, 0.1) is 10.1 Å². The third-order valence-electron chi connectivity index (χ3n) is 4.16. The smallest absolute Gasteiger partial charge is 0.184 e. The van der Waals surface area contributed by atoms with Crippen molar-refractivity contribution in [2.24, 2.45) is 14.1 Å². The van der Waals surface area contributed by atoms with Gasteiger partial charge in [-0.25, -0.2) is 4.68 Å². The first-order chi connectivity index (χ1) is 11.6. The predicted molar refractivity (Wildman–Crippen MR) is 97.0 cm³/mol. The lowest BCUT2D eigenvalue weighted by Crippen LogP contribution is -2.00. The Labute approximate surface area is 144 Å². The van der Waals surface area contributed by atoms with Gasteiger partial charge in [0.15, 0.2) is 5.82 Å². The van der Waals surface area contributed by atoms with E-state index in [0.29, 0.717) is 5.82 Å². The summed E-state index contributed by atoms with van der Waals surface area (Å²) in [6.45, 7) is 0. The van der Waals surface area contributed by atoms with Gasteiger partial charge >= 0.3 is 0 Å². The van der Waals surface area contributed by atoms with Crippen LogP contribution >= 0.6 is 12.2 Å². The van der Waals surface area contributed by atoms with Crippen LogP contribution < -0.4 is 0 Å². The Bertz CT molecular complexity index is 1100. The highest BCUT2D eigenvalue weighted by Gasteiger charge is 2.12. The van der Waals surface area contributed by atoms with Crippen molar-refractivity contribution in [1.29, 1.82) is 0 Å². The summed E-state index contributed by atoms with van der Waals surface area (Å²) in [6, 6.07) is 16.7. The quantitative estimate of drug-likeness (QED) is 0.524. The maximum Gasteiger partial charge on any atom is 0.184 e.